The molecule has 96 valence electrons. The molecule has 0 aliphatic heterocycles. The van der Waals surface area contributed by atoms with E-state index in [9.17, 15) is 19.7 Å². The number of carbonyl (C=O) groups excluding carboxylic acids is 2. The van der Waals surface area contributed by atoms with Crippen molar-refractivity contribution >= 4 is 29.2 Å². The van der Waals surface area contributed by atoms with Crippen molar-refractivity contribution < 1.29 is 19.2 Å². The number of nitrogens with zero attached hydrogens (tertiary/aromatic N) is 1. The molecule has 0 spiro atoms. The van der Waals surface area contributed by atoms with Crippen LogP contribution in [0.5, 0.6) is 0 Å². The highest BCUT2D eigenvalue weighted by Gasteiger charge is 2.24. The number of carbonyl (C=O) groups is 2. The minimum atomic E-state index is -1.18. The Morgan fingerprint density at radius 1 is 1.50 bits per heavy atom. The molecular weight excluding hydrogens is 264 g/mol. The lowest BCUT2D eigenvalue weighted by Gasteiger charge is -2.09. The van der Waals surface area contributed by atoms with Crippen LogP contribution < -0.4 is 5.73 Å². The van der Waals surface area contributed by atoms with Gasteiger partial charge in [-0.15, -0.1) is 0 Å². The van der Waals surface area contributed by atoms with Gasteiger partial charge in [0.25, 0.3) is 11.6 Å². The van der Waals surface area contributed by atoms with Crippen LogP contribution in [0, 0.1) is 10.1 Å². The second-order valence-electron chi connectivity index (χ2n) is 3.37. The Hall–Kier alpha value is -2.15. The van der Waals surface area contributed by atoms with Crippen LogP contribution in [-0.2, 0) is 9.53 Å². The first kappa shape index (κ1) is 13.9. The number of nitrogens with two attached hydrogens (primary N) is 1. The molecule has 0 fully saturated rings. The van der Waals surface area contributed by atoms with E-state index in [0.29, 0.717) is 0 Å². The van der Waals surface area contributed by atoms with E-state index >= 15 is 0 Å². The standard InChI is InChI=1S/C10H9ClN2O5/c1-5(9(12)14)18-10(15)7-4-6(11)2-3-8(7)13(16)17/h2-5H,1H3,(H2,12,14)/t5-/m1/s1. The summed E-state index contributed by atoms with van der Waals surface area (Å²) in [6.45, 7) is 1.26. The number of nitro groups is 1. The molecule has 0 bridgehead atoms. The van der Waals surface area contributed by atoms with Gasteiger partial charge >= 0.3 is 5.97 Å². The first-order chi connectivity index (χ1) is 8.32. The molecule has 1 atom stereocenters. The first-order valence-electron chi connectivity index (χ1n) is 4.77. The van der Waals surface area contributed by atoms with Crippen LogP contribution in [-0.4, -0.2) is 22.9 Å². The number of hydrogen-bond donors (Lipinski definition) is 1. The predicted octanol–water partition coefficient (Wildman–Crippen LogP) is 1.28. The topological polar surface area (TPSA) is 113 Å². The van der Waals surface area contributed by atoms with E-state index in [-0.39, 0.29) is 10.6 Å². The third-order valence-electron chi connectivity index (χ3n) is 2.06. The normalized spacial score (nSPS) is 11.7. The lowest BCUT2D eigenvalue weighted by Crippen LogP contribution is -2.30. The van der Waals surface area contributed by atoms with Gasteiger partial charge in [-0.2, -0.15) is 0 Å². The molecule has 1 aromatic carbocycles. The second kappa shape index (κ2) is 5.46. The van der Waals surface area contributed by atoms with Crippen molar-refractivity contribution in [3.05, 3.63) is 38.9 Å². The summed E-state index contributed by atoms with van der Waals surface area (Å²) in [5, 5.41) is 10.9. The number of nitro benzene ring substituents is 1. The number of halogens is 1. The van der Waals surface area contributed by atoms with E-state index in [2.05, 4.69) is 4.74 Å². The zero-order valence-corrected chi connectivity index (χ0v) is 10.0. The number of primary amides is 1. The van der Waals surface area contributed by atoms with Crippen LogP contribution in [0.15, 0.2) is 18.2 Å². The van der Waals surface area contributed by atoms with Gasteiger partial charge in [0.15, 0.2) is 6.10 Å². The Bertz CT molecular complexity index is 517. The van der Waals surface area contributed by atoms with Gasteiger partial charge in [-0.3, -0.25) is 14.9 Å². The average Bonchev–Trinajstić information content (AvgIpc) is 2.28. The number of benzene rings is 1. The van der Waals surface area contributed by atoms with Crippen LogP contribution in [0.4, 0.5) is 5.69 Å². The molecule has 1 aromatic rings. The number of ether oxygens (including phenoxy) is 1. The van der Waals surface area contributed by atoms with Crippen molar-refractivity contribution in [1.29, 1.82) is 0 Å². The first-order valence-corrected chi connectivity index (χ1v) is 5.15. The molecule has 8 heteroatoms. The maximum absolute atomic E-state index is 11.6. The summed E-state index contributed by atoms with van der Waals surface area (Å²) in [4.78, 5) is 32.4. The predicted molar refractivity (Wildman–Crippen MR) is 62.2 cm³/mol. The lowest BCUT2D eigenvalue weighted by molar-refractivity contribution is -0.385. The molecule has 0 radical (unpaired) electrons. The molecule has 0 aromatic heterocycles. The molecule has 0 aliphatic carbocycles. The summed E-state index contributed by atoms with van der Waals surface area (Å²) in [6, 6.07) is 3.44. The molecule has 0 saturated heterocycles. The van der Waals surface area contributed by atoms with Gasteiger partial charge in [0.2, 0.25) is 0 Å². The zero-order valence-electron chi connectivity index (χ0n) is 9.25. The van der Waals surface area contributed by atoms with Crippen molar-refractivity contribution in [2.75, 3.05) is 0 Å². The van der Waals surface area contributed by atoms with Crippen LogP contribution in [0.2, 0.25) is 5.02 Å². The average molecular weight is 273 g/mol. The van der Waals surface area contributed by atoms with Gasteiger partial charge in [0.05, 0.1) is 4.92 Å². The minimum absolute atomic E-state index is 0.138. The Kier molecular flexibility index (Phi) is 4.22. The molecule has 7 nitrogen and oxygen atoms in total. The van der Waals surface area contributed by atoms with E-state index in [1.54, 1.807) is 0 Å². The molecule has 1 amide bonds. The molecule has 0 aliphatic rings. The van der Waals surface area contributed by atoms with Crippen LogP contribution in [0.3, 0.4) is 0 Å². The van der Waals surface area contributed by atoms with Crippen LogP contribution in [0.1, 0.15) is 17.3 Å². The number of hydrogen-bond acceptors (Lipinski definition) is 5. The van der Waals surface area contributed by atoms with Gasteiger partial charge in [-0.05, 0) is 19.1 Å². The largest absolute Gasteiger partial charge is 0.449 e. The molecule has 0 heterocycles. The molecule has 0 saturated carbocycles. The SMILES string of the molecule is C[C@@H](OC(=O)c1cc(Cl)ccc1[N+](=O)[O-])C(N)=O. The van der Waals surface area contributed by atoms with Crippen LogP contribution >= 0.6 is 11.6 Å². The van der Waals surface area contributed by atoms with Crippen molar-refractivity contribution in [1.82, 2.24) is 0 Å². The molecule has 18 heavy (non-hydrogen) atoms. The van der Waals surface area contributed by atoms with E-state index in [1.165, 1.54) is 13.0 Å². The van der Waals surface area contributed by atoms with Gasteiger partial charge in [-0.25, -0.2) is 4.79 Å². The Morgan fingerprint density at radius 2 is 2.11 bits per heavy atom. The third-order valence-corrected chi connectivity index (χ3v) is 2.29. The summed E-state index contributed by atoms with van der Waals surface area (Å²) in [7, 11) is 0. The van der Waals surface area contributed by atoms with Gasteiger partial charge in [-0.1, -0.05) is 11.6 Å². The van der Waals surface area contributed by atoms with E-state index in [4.69, 9.17) is 17.3 Å². The van der Waals surface area contributed by atoms with Gasteiger partial charge in [0.1, 0.15) is 5.56 Å². The van der Waals surface area contributed by atoms with E-state index < -0.39 is 28.6 Å². The van der Waals surface area contributed by atoms with Gasteiger partial charge < -0.3 is 10.5 Å². The Balaban J connectivity index is 3.08. The van der Waals surface area contributed by atoms with Gasteiger partial charge in [0, 0.05) is 11.1 Å². The van der Waals surface area contributed by atoms with Crippen molar-refractivity contribution in [2.45, 2.75) is 13.0 Å². The fourth-order valence-electron chi connectivity index (χ4n) is 1.11. The van der Waals surface area contributed by atoms with Crippen molar-refractivity contribution in [2.24, 2.45) is 5.73 Å². The van der Waals surface area contributed by atoms with Crippen molar-refractivity contribution in [3.63, 3.8) is 0 Å². The summed E-state index contributed by atoms with van der Waals surface area (Å²) < 4.78 is 4.67. The highest BCUT2D eigenvalue weighted by Crippen LogP contribution is 2.23. The van der Waals surface area contributed by atoms with Crippen LogP contribution in [0.25, 0.3) is 0 Å². The molecule has 2 N–H and O–H groups in total. The summed E-state index contributed by atoms with van der Waals surface area (Å²) >= 11 is 5.64. The zero-order chi connectivity index (χ0) is 13.9. The maximum Gasteiger partial charge on any atom is 0.345 e. The highest BCUT2D eigenvalue weighted by molar-refractivity contribution is 6.31. The minimum Gasteiger partial charge on any atom is -0.449 e. The summed E-state index contributed by atoms with van der Waals surface area (Å²) in [5.41, 5.74) is 4.12. The Morgan fingerprint density at radius 3 is 2.61 bits per heavy atom. The monoisotopic (exact) mass is 272 g/mol. The lowest BCUT2D eigenvalue weighted by atomic mass is 10.2. The highest BCUT2D eigenvalue weighted by atomic mass is 35.5. The molecule has 1 rings (SSSR count). The Labute approximate surface area is 107 Å². The van der Waals surface area contributed by atoms with E-state index in [0.717, 1.165) is 12.1 Å². The number of rotatable bonds is 4. The quantitative estimate of drug-likeness (QED) is 0.504. The molecule has 0 unspecified atom stereocenters. The molecular formula is C10H9ClN2O5. The number of amides is 1. The summed E-state index contributed by atoms with van der Waals surface area (Å²) in [6.07, 6.45) is -1.18. The van der Waals surface area contributed by atoms with Crippen molar-refractivity contribution in [3.8, 4) is 0 Å². The third kappa shape index (κ3) is 3.17. The fourth-order valence-corrected chi connectivity index (χ4v) is 1.29. The smallest absolute Gasteiger partial charge is 0.345 e. The second-order valence-corrected chi connectivity index (χ2v) is 3.80. The number of esters is 1. The van der Waals surface area contributed by atoms with E-state index in [1.807, 2.05) is 0 Å². The summed E-state index contributed by atoms with van der Waals surface area (Å²) in [5.74, 6) is -1.89. The maximum atomic E-state index is 11.6. The fraction of sp³-hybridized carbons (Fsp3) is 0.200.